The third-order valence-corrected chi connectivity index (χ3v) is 4.60. The fraction of sp³-hybridized carbons (Fsp3) is 0.316. The molecule has 1 N–H and O–H groups in total. The molecule has 1 fully saturated rings. The number of amides is 1. The minimum Gasteiger partial charge on any atom is -0.472 e. The Kier molecular flexibility index (Phi) is 4.97. The summed E-state index contributed by atoms with van der Waals surface area (Å²) in [6.07, 6.45) is 3.66. The highest BCUT2D eigenvalue weighted by Crippen LogP contribution is 2.24. The zero-order valence-electron chi connectivity index (χ0n) is 14.6. The molecule has 27 heavy (non-hydrogen) atoms. The Morgan fingerprint density at radius 2 is 2.30 bits per heavy atom. The summed E-state index contributed by atoms with van der Waals surface area (Å²) in [6.45, 7) is 1.88. The maximum atomic E-state index is 13.6. The standard InChI is InChI=1S/C19H19FN4O3/c20-15-3-1-2-13(10-15)16-11-21-7-8-24(16)18(25)5-4-17-22-19(23-27-17)14-6-9-26-12-14/h1-3,6,9-10,12,16,21H,4-5,7-8,11H2. The number of carbonyl (C=O) groups excluding carboxylic acids is 1. The lowest BCUT2D eigenvalue weighted by Gasteiger charge is -2.36. The average Bonchev–Trinajstić information content (AvgIpc) is 3.38. The van der Waals surface area contributed by atoms with E-state index in [0.717, 1.165) is 11.1 Å². The van der Waals surface area contributed by atoms with Crippen molar-refractivity contribution in [1.29, 1.82) is 0 Å². The molecule has 0 spiro atoms. The van der Waals surface area contributed by atoms with Gasteiger partial charge in [-0.3, -0.25) is 4.79 Å². The van der Waals surface area contributed by atoms with Gasteiger partial charge in [-0.2, -0.15) is 4.98 Å². The van der Waals surface area contributed by atoms with Gasteiger partial charge in [0.1, 0.15) is 12.1 Å². The van der Waals surface area contributed by atoms with Gasteiger partial charge in [0.2, 0.25) is 17.6 Å². The molecule has 1 unspecified atom stereocenters. The molecular formula is C19H19FN4O3. The molecule has 1 aromatic carbocycles. The van der Waals surface area contributed by atoms with Crippen LogP contribution in [0.25, 0.3) is 11.4 Å². The van der Waals surface area contributed by atoms with Gasteiger partial charge in [0.15, 0.2) is 0 Å². The summed E-state index contributed by atoms with van der Waals surface area (Å²) in [4.78, 5) is 18.9. The Balaban J connectivity index is 1.42. The highest BCUT2D eigenvalue weighted by Gasteiger charge is 2.28. The van der Waals surface area contributed by atoms with Crippen LogP contribution in [0.4, 0.5) is 4.39 Å². The Labute approximate surface area is 155 Å². The van der Waals surface area contributed by atoms with Gasteiger partial charge < -0.3 is 19.2 Å². The fourth-order valence-corrected chi connectivity index (χ4v) is 3.24. The van der Waals surface area contributed by atoms with E-state index in [4.69, 9.17) is 8.94 Å². The minimum absolute atomic E-state index is 0.0196. The van der Waals surface area contributed by atoms with Crippen LogP contribution in [0.1, 0.15) is 23.9 Å². The topological polar surface area (TPSA) is 84.4 Å². The second-order valence-corrected chi connectivity index (χ2v) is 6.39. The predicted molar refractivity (Wildman–Crippen MR) is 94.0 cm³/mol. The molecule has 0 saturated carbocycles. The largest absolute Gasteiger partial charge is 0.472 e. The van der Waals surface area contributed by atoms with Gasteiger partial charge in [-0.15, -0.1) is 0 Å². The number of hydrogen-bond acceptors (Lipinski definition) is 6. The maximum Gasteiger partial charge on any atom is 0.227 e. The average molecular weight is 370 g/mol. The van der Waals surface area contributed by atoms with Crippen molar-refractivity contribution in [1.82, 2.24) is 20.4 Å². The fourth-order valence-electron chi connectivity index (χ4n) is 3.24. The number of rotatable bonds is 5. The SMILES string of the molecule is O=C(CCc1nc(-c2ccoc2)no1)N1CCNCC1c1cccc(F)c1. The first kappa shape index (κ1) is 17.4. The van der Waals surface area contributed by atoms with Crippen LogP contribution in [0, 0.1) is 5.82 Å². The van der Waals surface area contributed by atoms with Crippen molar-refractivity contribution in [3.05, 3.63) is 60.1 Å². The number of hydrogen-bond donors (Lipinski definition) is 1. The van der Waals surface area contributed by atoms with Crippen molar-refractivity contribution >= 4 is 5.91 Å². The van der Waals surface area contributed by atoms with E-state index in [9.17, 15) is 9.18 Å². The number of piperazine rings is 1. The molecule has 1 aliphatic rings. The summed E-state index contributed by atoms with van der Waals surface area (Å²) in [6, 6.07) is 7.94. The Hall–Kier alpha value is -3.00. The van der Waals surface area contributed by atoms with Crippen LogP contribution >= 0.6 is 0 Å². The lowest BCUT2D eigenvalue weighted by Crippen LogP contribution is -2.48. The van der Waals surface area contributed by atoms with E-state index in [2.05, 4.69) is 15.5 Å². The summed E-state index contributed by atoms with van der Waals surface area (Å²) in [5.41, 5.74) is 1.51. The lowest BCUT2D eigenvalue weighted by molar-refractivity contribution is -0.134. The van der Waals surface area contributed by atoms with Gasteiger partial charge in [0.05, 0.1) is 17.9 Å². The molecule has 1 amide bonds. The van der Waals surface area contributed by atoms with Crippen molar-refractivity contribution in [2.24, 2.45) is 0 Å². The molecule has 7 nitrogen and oxygen atoms in total. The quantitative estimate of drug-likeness (QED) is 0.743. The molecule has 2 aromatic heterocycles. The van der Waals surface area contributed by atoms with Gasteiger partial charge >= 0.3 is 0 Å². The molecule has 0 aliphatic carbocycles. The van der Waals surface area contributed by atoms with Crippen LogP contribution in [0.15, 0.2) is 51.8 Å². The lowest BCUT2D eigenvalue weighted by atomic mass is 10.0. The second kappa shape index (κ2) is 7.71. The summed E-state index contributed by atoms with van der Waals surface area (Å²) < 4.78 is 23.8. The third kappa shape index (κ3) is 3.90. The van der Waals surface area contributed by atoms with E-state index in [1.54, 1.807) is 17.0 Å². The van der Waals surface area contributed by atoms with Gasteiger partial charge in [-0.05, 0) is 23.8 Å². The van der Waals surface area contributed by atoms with Crippen LogP contribution < -0.4 is 5.32 Å². The van der Waals surface area contributed by atoms with Crippen LogP contribution in [0.2, 0.25) is 0 Å². The number of nitrogens with one attached hydrogen (secondary N) is 1. The summed E-state index contributed by atoms with van der Waals surface area (Å²) in [5.74, 6) is 0.514. The van der Waals surface area contributed by atoms with Crippen LogP contribution in [-0.2, 0) is 11.2 Å². The van der Waals surface area contributed by atoms with Crippen molar-refractivity contribution in [3.8, 4) is 11.4 Å². The van der Waals surface area contributed by atoms with Crippen molar-refractivity contribution in [2.75, 3.05) is 19.6 Å². The Bertz CT molecular complexity index is 909. The first-order valence-electron chi connectivity index (χ1n) is 8.81. The second-order valence-electron chi connectivity index (χ2n) is 6.39. The minimum atomic E-state index is -0.303. The number of aryl methyl sites for hydroxylation is 1. The molecule has 3 aromatic rings. The molecule has 1 saturated heterocycles. The number of nitrogens with zero attached hydrogens (tertiary/aromatic N) is 3. The molecule has 0 radical (unpaired) electrons. The predicted octanol–water partition coefficient (Wildman–Crippen LogP) is 2.57. The normalized spacial score (nSPS) is 17.2. The van der Waals surface area contributed by atoms with Crippen LogP contribution in [0.5, 0.6) is 0 Å². The van der Waals surface area contributed by atoms with Crippen molar-refractivity contribution in [2.45, 2.75) is 18.9 Å². The van der Waals surface area contributed by atoms with E-state index < -0.39 is 0 Å². The Morgan fingerprint density at radius 1 is 1.37 bits per heavy atom. The summed E-state index contributed by atoms with van der Waals surface area (Å²) in [7, 11) is 0. The molecule has 8 heteroatoms. The zero-order valence-corrected chi connectivity index (χ0v) is 14.6. The molecule has 140 valence electrons. The molecule has 0 bridgehead atoms. The van der Waals surface area contributed by atoms with Crippen LogP contribution in [-0.4, -0.2) is 40.6 Å². The third-order valence-electron chi connectivity index (χ3n) is 4.60. The molecule has 3 heterocycles. The van der Waals surface area contributed by atoms with E-state index in [0.29, 0.717) is 37.8 Å². The van der Waals surface area contributed by atoms with E-state index in [-0.39, 0.29) is 24.2 Å². The molecule has 1 atom stereocenters. The molecule has 1 aliphatic heterocycles. The van der Waals surface area contributed by atoms with Gasteiger partial charge in [-0.1, -0.05) is 17.3 Å². The van der Waals surface area contributed by atoms with Gasteiger partial charge in [-0.25, -0.2) is 4.39 Å². The van der Waals surface area contributed by atoms with E-state index >= 15 is 0 Å². The first-order chi connectivity index (χ1) is 13.2. The summed E-state index contributed by atoms with van der Waals surface area (Å²) in [5, 5.41) is 7.16. The van der Waals surface area contributed by atoms with Crippen LogP contribution in [0.3, 0.4) is 0 Å². The highest BCUT2D eigenvalue weighted by atomic mass is 19.1. The number of furan rings is 1. The maximum absolute atomic E-state index is 13.6. The smallest absolute Gasteiger partial charge is 0.227 e. The van der Waals surface area contributed by atoms with Crippen molar-refractivity contribution in [3.63, 3.8) is 0 Å². The number of benzene rings is 1. The van der Waals surface area contributed by atoms with Crippen molar-refractivity contribution < 1.29 is 18.1 Å². The first-order valence-corrected chi connectivity index (χ1v) is 8.81. The molecule has 4 rings (SSSR count). The summed E-state index contributed by atoms with van der Waals surface area (Å²) >= 11 is 0. The highest BCUT2D eigenvalue weighted by molar-refractivity contribution is 5.77. The Morgan fingerprint density at radius 3 is 3.11 bits per heavy atom. The molecular weight excluding hydrogens is 351 g/mol. The monoisotopic (exact) mass is 370 g/mol. The number of halogens is 1. The van der Waals surface area contributed by atoms with E-state index in [1.165, 1.54) is 24.7 Å². The number of carbonyl (C=O) groups is 1. The van der Waals surface area contributed by atoms with E-state index in [1.807, 2.05) is 6.07 Å². The zero-order chi connectivity index (χ0) is 18.6. The van der Waals surface area contributed by atoms with Gasteiger partial charge in [0, 0.05) is 32.5 Å². The number of aromatic nitrogens is 2. The van der Waals surface area contributed by atoms with Gasteiger partial charge in [0.25, 0.3) is 0 Å².